The van der Waals surface area contributed by atoms with Crippen molar-refractivity contribution in [3.05, 3.63) is 15.9 Å². The number of hydrogen-bond donors (Lipinski definition) is 1. The third-order valence-corrected chi connectivity index (χ3v) is 7.14. The highest BCUT2D eigenvalue weighted by Gasteiger charge is 2.38. The number of nitrogens with zero attached hydrogens (tertiary/aromatic N) is 1. The van der Waals surface area contributed by atoms with Gasteiger partial charge in [-0.15, -0.1) is 11.3 Å². The van der Waals surface area contributed by atoms with Crippen molar-refractivity contribution >= 4 is 37.3 Å². The van der Waals surface area contributed by atoms with Crippen LogP contribution in [0.4, 0.5) is 0 Å². The number of rotatable bonds is 3. The van der Waals surface area contributed by atoms with Gasteiger partial charge < -0.3 is 0 Å². The molecule has 2 rings (SSSR count). The molecule has 19 heavy (non-hydrogen) atoms. The van der Waals surface area contributed by atoms with E-state index >= 15 is 0 Å². The zero-order chi connectivity index (χ0) is 14.1. The van der Waals surface area contributed by atoms with Crippen LogP contribution in [-0.4, -0.2) is 14.0 Å². The van der Waals surface area contributed by atoms with Gasteiger partial charge in [0.15, 0.2) is 0 Å². The second kappa shape index (κ2) is 5.52. The first-order valence-electron chi connectivity index (χ1n) is 6.07. The number of nitrogens with one attached hydrogen (secondary N) is 1. The molecule has 1 N–H and O–H groups in total. The fraction of sp³-hybridized carbons (Fsp3) is 0.583. The van der Waals surface area contributed by atoms with Gasteiger partial charge in [0, 0.05) is 0 Å². The topological polar surface area (TPSA) is 70.0 Å². The van der Waals surface area contributed by atoms with Crippen LogP contribution in [0, 0.1) is 17.2 Å². The van der Waals surface area contributed by atoms with E-state index in [-0.39, 0.29) is 4.21 Å². The molecule has 0 atom stereocenters. The van der Waals surface area contributed by atoms with Crippen LogP contribution in [0.25, 0.3) is 0 Å². The molecule has 1 aromatic heterocycles. The maximum absolute atomic E-state index is 12.3. The lowest BCUT2D eigenvalue weighted by atomic mass is 9.79. The molecule has 0 radical (unpaired) electrons. The Labute approximate surface area is 126 Å². The van der Waals surface area contributed by atoms with Crippen LogP contribution in [0.5, 0.6) is 0 Å². The fourth-order valence-corrected chi connectivity index (χ4v) is 5.63. The second-order valence-corrected chi connectivity index (χ2v) is 9.41. The van der Waals surface area contributed by atoms with Crippen molar-refractivity contribution in [3.8, 4) is 6.07 Å². The number of halogens is 1. The van der Waals surface area contributed by atoms with Crippen molar-refractivity contribution < 1.29 is 8.42 Å². The van der Waals surface area contributed by atoms with Crippen LogP contribution in [-0.2, 0) is 10.0 Å². The molecule has 1 saturated carbocycles. The molecule has 0 aliphatic heterocycles. The lowest BCUT2D eigenvalue weighted by molar-refractivity contribution is 0.278. The summed E-state index contributed by atoms with van der Waals surface area (Å²) in [6.45, 7) is 2.13. The Morgan fingerprint density at radius 2 is 2.11 bits per heavy atom. The largest absolute Gasteiger partial charge is 0.251 e. The molecule has 1 heterocycles. The average molecular weight is 363 g/mol. The molecular formula is C12H15BrN2O2S2. The number of hydrogen-bond acceptors (Lipinski definition) is 4. The van der Waals surface area contributed by atoms with Gasteiger partial charge >= 0.3 is 0 Å². The monoisotopic (exact) mass is 362 g/mol. The Balaban J connectivity index is 2.21. The molecule has 4 nitrogen and oxygen atoms in total. The summed E-state index contributed by atoms with van der Waals surface area (Å²) >= 11 is 4.40. The highest BCUT2D eigenvalue weighted by molar-refractivity contribution is 9.11. The molecule has 0 bridgehead atoms. The van der Waals surface area contributed by atoms with E-state index in [9.17, 15) is 13.7 Å². The normalized spacial score (nSPS) is 27.9. The summed E-state index contributed by atoms with van der Waals surface area (Å²) in [5.74, 6) is 0.557. The zero-order valence-corrected chi connectivity index (χ0v) is 13.7. The lowest BCUT2D eigenvalue weighted by Gasteiger charge is -2.33. The quantitative estimate of drug-likeness (QED) is 0.896. The molecule has 1 fully saturated rings. The van der Waals surface area contributed by atoms with Crippen molar-refractivity contribution in [2.75, 3.05) is 0 Å². The minimum absolute atomic E-state index is 0.243. The van der Waals surface area contributed by atoms with E-state index in [4.69, 9.17) is 0 Å². The summed E-state index contributed by atoms with van der Waals surface area (Å²) in [5, 5.41) is 9.36. The van der Waals surface area contributed by atoms with E-state index in [0.29, 0.717) is 18.8 Å². The summed E-state index contributed by atoms with van der Waals surface area (Å²) < 4.78 is 28.2. The molecular weight excluding hydrogens is 348 g/mol. The molecule has 1 aromatic rings. The molecule has 104 valence electrons. The maximum Gasteiger partial charge on any atom is 0.251 e. The molecule has 0 unspecified atom stereocenters. The summed E-state index contributed by atoms with van der Waals surface area (Å²) in [6, 6.07) is 5.42. The first kappa shape index (κ1) is 15.0. The number of thiophene rings is 1. The molecule has 1 aliphatic carbocycles. The SMILES string of the molecule is CC1CCC(C#N)(NS(=O)(=O)c2ccc(Br)s2)CC1. The predicted molar refractivity (Wildman–Crippen MR) is 78.3 cm³/mol. The summed E-state index contributed by atoms with van der Waals surface area (Å²) in [5.41, 5.74) is -0.943. The third kappa shape index (κ3) is 3.37. The standard InChI is InChI=1S/C12H15BrN2O2S2/c1-9-4-6-12(8-14,7-5-9)15-19(16,17)11-3-2-10(13)18-11/h2-3,9,15H,4-7H2,1H3. The minimum atomic E-state index is -3.61. The second-order valence-electron chi connectivity index (χ2n) is 5.04. The zero-order valence-electron chi connectivity index (χ0n) is 10.5. The molecule has 1 aliphatic rings. The van der Waals surface area contributed by atoms with Crippen LogP contribution in [0.1, 0.15) is 32.6 Å². The Kier molecular flexibility index (Phi) is 4.35. The molecule has 0 spiro atoms. The average Bonchev–Trinajstić information content (AvgIpc) is 2.80. The molecule has 0 aromatic carbocycles. The Morgan fingerprint density at radius 1 is 1.47 bits per heavy atom. The van der Waals surface area contributed by atoms with Gasteiger partial charge in [0.05, 0.1) is 9.86 Å². The van der Waals surface area contributed by atoms with E-state index < -0.39 is 15.6 Å². The molecule has 0 amide bonds. The van der Waals surface area contributed by atoms with E-state index in [2.05, 4.69) is 33.6 Å². The van der Waals surface area contributed by atoms with Gasteiger partial charge in [0.1, 0.15) is 9.75 Å². The first-order valence-corrected chi connectivity index (χ1v) is 9.17. The van der Waals surface area contributed by atoms with Crippen LogP contribution in [0.3, 0.4) is 0 Å². The minimum Gasteiger partial charge on any atom is -0.206 e. The highest BCUT2D eigenvalue weighted by Crippen LogP contribution is 2.34. The third-order valence-electron chi connectivity index (χ3n) is 3.48. The first-order chi connectivity index (χ1) is 8.87. The molecule has 7 heteroatoms. The summed E-state index contributed by atoms with van der Waals surface area (Å²) in [7, 11) is -3.61. The van der Waals surface area contributed by atoms with Crippen molar-refractivity contribution in [2.24, 2.45) is 5.92 Å². The van der Waals surface area contributed by atoms with E-state index in [1.54, 1.807) is 12.1 Å². The van der Waals surface area contributed by atoms with Gasteiger partial charge in [-0.3, -0.25) is 0 Å². The van der Waals surface area contributed by atoms with Crippen LogP contribution in [0.2, 0.25) is 0 Å². The summed E-state index contributed by atoms with van der Waals surface area (Å²) in [6.07, 6.45) is 2.92. The number of sulfonamides is 1. The maximum atomic E-state index is 12.3. The van der Waals surface area contributed by atoms with Crippen molar-refractivity contribution in [3.63, 3.8) is 0 Å². The highest BCUT2D eigenvalue weighted by atomic mass is 79.9. The Morgan fingerprint density at radius 3 is 2.58 bits per heavy atom. The Hall–Kier alpha value is -0.420. The summed E-state index contributed by atoms with van der Waals surface area (Å²) in [4.78, 5) is 0. The van der Waals surface area contributed by atoms with Crippen LogP contribution in [0.15, 0.2) is 20.1 Å². The van der Waals surface area contributed by atoms with Crippen molar-refractivity contribution in [1.29, 1.82) is 5.26 Å². The van der Waals surface area contributed by atoms with Gasteiger partial charge in [-0.1, -0.05) is 6.92 Å². The van der Waals surface area contributed by atoms with Crippen molar-refractivity contribution in [1.82, 2.24) is 4.72 Å². The van der Waals surface area contributed by atoms with Crippen LogP contribution >= 0.6 is 27.3 Å². The van der Waals surface area contributed by atoms with Gasteiger partial charge in [0.2, 0.25) is 0 Å². The van der Waals surface area contributed by atoms with Crippen LogP contribution < -0.4 is 4.72 Å². The van der Waals surface area contributed by atoms with E-state index in [0.717, 1.165) is 28.0 Å². The van der Waals surface area contributed by atoms with Gasteiger partial charge in [-0.05, 0) is 59.7 Å². The Bertz CT molecular complexity index is 595. The van der Waals surface area contributed by atoms with Gasteiger partial charge in [-0.25, -0.2) is 8.42 Å². The molecule has 0 saturated heterocycles. The fourth-order valence-electron chi connectivity index (χ4n) is 2.24. The predicted octanol–water partition coefficient (Wildman–Crippen LogP) is 3.26. The smallest absolute Gasteiger partial charge is 0.206 e. The van der Waals surface area contributed by atoms with Gasteiger partial charge in [-0.2, -0.15) is 9.98 Å². The lowest BCUT2D eigenvalue weighted by Crippen LogP contribution is -2.49. The van der Waals surface area contributed by atoms with E-state index in [1.165, 1.54) is 0 Å². The van der Waals surface area contributed by atoms with E-state index in [1.807, 2.05) is 0 Å². The van der Waals surface area contributed by atoms with Crippen molar-refractivity contribution in [2.45, 2.75) is 42.4 Å². The number of nitriles is 1. The van der Waals surface area contributed by atoms with Gasteiger partial charge in [0.25, 0.3) is 10.0 Å².